The van der Waals surface area contributed by atoms with Crippen LogP contribution in [0.15, 0.2) is 30.5 Å². The number of nitrogens with two attached hydrogens (primary N) is 1. The van der Waals surface area contributed by atoms with E-state index < -0.39 is 54.3 Å². The Morgan fingerprint density at radius 2 is 1.82 bits per heavy atom. The van der Waals surface area contributed by atoms with Crippen LogP contribution in [0.5, 0.6) is 0 Å². The van der Waals surface area contributed by atoms with Crippen molar-refractivity contribution < 1.29 is 34.2 Å². The zero-order valence-electron chi connectivity index (χ0n) is 21.5. The third-order valence-electron chi connectivity index (χ3n) is 6.84. The average molecular weight is 530 g/mol. The van der Waals surface area contributed by atoms with Crippen molar-refractivity contribution in [2.75, 3.05) is 6.54 Å². The minimum Gasteiger partial charge on any atom is -0.481 e. The maximum absolute atomic E-state index is 13.1. The van der Waals surface area contributed by atoms with Gasteiger partial charge in [0.25, 0.3) is 0 Å². The van der Waals surface area contributed by atoms with Gasteiger partial charge in [0.1, 0.15) is 18.1 Å². The van der Waals surface area contributed by atoms with Crippen LogP contribution in [0.25, 0.3) is 10.9 Å². The lowest BCUT2D eigenvalue weighted by atomic mass is 10.0. The molecule has 1 aromatic carbocycles. The molecule has 1 aromatic heterocycles. The number of para-hydroxylation sites is 1. The van der Waals surface area contributed by atoms with E-state index in [4.69, 9.17) is 10.8 Å². The number of fused-ring (bicyclic) bond motifs is 1. The Kier molecular flexibility index (Phi) is 9.45. The predicted molar refractivity (Wildman–Crippen MR) is 138 cm³/mol. The molecular weight excluding hydrogens is 494 g/mol. The number of carbonyl (C=O) groups is 5. The van der Waals surface area contributed by atoms with Gasteiger partial charge < -0.3 is 36.5 Å². The van der Waals surface area contributed by atoms with E-state index in [-0.39, 0.29) is 24.7 Å². The van der Waals surface area contributed by atoms with Crippen molar-refractivity contribution in [3.63, 3.8) is 0 Å². The van der Waals surface area contributed by atoms with E-state index in [0.29, 0.717) is 24.9 Å². The number of hydrogen-bond acceptors (Lipinski definition) is 6. The Morgan fingerprint density at radius 1 is 1.11 bits per heavy atom. The van der Waals surface area contributed by atoms with Crippen LogP contribution in [0, 0.1) is 5.92 Å². The molecule has 0 radical (unpaired) electrons. The van der Waals surface area contributed by atoms with Crippen LogP contribution in [0.2, 0.25) is 0 Å². The van der Waals surface area contributed by atoms with E-state index in [2.05, 4.69) is 15.6 Å². The number of aliphatic carboxylic acids is 2. The number of rotatable bonds is 12. The summed E-state index contributed by atoms with van der Waals surface area (Å²) < 4.78 is 0. The van der Waals surface area contributed by atoms with Crippen LogP contribution in [-0.4, -0.2) is 80.5 Å². The van der Waals surface area contributed by atoms with E-state index in [1.165, 1.54) is 4.90 Å². The van der Waals surface area contributed by atoms with E-state index in [0.717, 1.165) is 10.9 Å². The third kappa shape index (κ3) is 6.88. The topological polar surface area (TPSA) is 195 Å². The van der Waals surface area contributed by atoms with Gasteiger partial charge in [0, 0.05) is 36.5 Å². The van der Waals surface area contributed by atoms with Crippen LogP contribution in [-0.2, 0) is 30.4 Å². The van der Waals surface area contributed by atoms with Gasteiger partial charge in [-0.25, -0.2) is 4.79 Å². The van der Waals surface area contributed by atoms with Gasteiger partial charge in [0.2, 0.25) is 17.7 Å². The Morgan fingerprint density at radius 3 is 2.47 bits per heavy atom. The summed E-state index contributed by atoms with van der Waals surface area (Å²) in [5, 5.41) is 24.7. The van der Waals surface area contributed by atoms with E-state index in [9.17, 15) is 29.1 Å². The third-order valence-corrected chi connectivity index (χ3v) is 6.84. The molecule has 3 rings (SSSR count). The summed E-state index contributed by atoms with van der Waals surface area (Å²) in [6, 6.07) is 3.07. The van der Waals surface area contributed by atoms with E-state index >= 15 is 0 Å². The summed E-state index contributed by atoms with van der Waals surface area (Å²) in [6.45, 7) is 3.94. The molecule has 2 heterocycles. The highest BCUT2D eigenvalue weighted by molar-refractivity contribution is 5.95. The molecule has 0 aliphatic carbocycles. The van der Waals surface area contributed by atoms with Gasteiger partial charge in [-0.05, 0) is 36.8 Å². The quantitative estimate of drug-likeness (QED) is 0.230. The van der Waals surface area contributed by atoms with Gasteiger partial charge >= 0.3 is 11.9 Å². The van der Waals surface area contributed by atoms with E-state index in [1.807, 2.05) is 24.3 Å². The molecule has 4 unspecified atom stereocenters. The second-order valence-electron chi connectivity index (χ2n) is 9.92. The average Bonchev–Trinajstić information content (AvgIpc) is 3.52. The van der Waals surface area contributed by atoms with Crippen LogP contribution < -0.4 is 16.4 Å². The van der Waals surface area contributed by atoms with E-state index in [1.54, 1.807) is 20.0 Å². The molecule has 1 aliphatic heterocycles. The van der Waals surface area contributed by atoms with Gasteiger partial charge in [0.05, 0.1) is 6.04 Å². The van der Waals surface area contributed by atoms with Crippen LogP contribution in [0.1, 0.15) is 45.1 Å². The molecule has 0 bridgehead atoms. The molecule has 4 atom stereocenters. The fraction of sp³-hybridized carbons (Fsp3) is 0.500. The first-order valence-electron chi connectivity index (χ1n) is 12.7. The first-order valence-corrected chi connectivity index (χ1v) is 12.7. The highest BCUT2D eigenvalue weighted by Gasteiger charge is 2.38. The summed E-state index contributed by atoms with van der Waals surface area (Å²) in [6.07, 6.45) is 1.91. The van der Waals surface area contributed by atoms with Crippen molar-refractivity contribution in [2.24, 2.45) is 11.7 Å². The molecule has 2 aromatic rings. The molecular formula is C26H35N5O7. The number of aromatic amines is 1. The standard InChI is InChI=1S/C26H35N5O7/c1-14(2)22(27)25(36)31-11-5-8-20(31)24(35)29-18(9-10-21(32)33)23(34)30-19(26(37)38)12-15-13-28-17-7-4-3-6-16(15)17/h3-4,6-7,13-14,18-20,22,28H,5,8-12,27H2,1-2H3,(H,29,35)(H,30,34)(H,32,33)(H,37,38). The van der Waals surface area contributed by atoms with Crippen molar-refractivity contribution in [3.05, 3.63) is 36.0 Å². The number of likely N-dealkylation sites (tertiary alicyclic amines) is 1. The Bertz CT molecular complexity index is 1190. The highest BCUT2D eigenvalue weighted by atomic mass is 16.4. The molecule has 7 N–H and O–H groups in total. The maximum Gasteiger partial charge on any atom is 0.326 e. The lowest BCUT2D eigenvalue weighted by molar-refractivity contribution is -0.143. The fourth-order valence-corrected chi connectivity index (χ4v) is 4.58. The Balaban J connectivity index is 1.74. The maximum atomic E-state index is 13.1. The molecule has 0 spiro atoms. The number of nitrogens with one attached hydrogen (secondary N) is 3. The number of H-pyrrole nitrogens is 1. The predicted octanol–water partition coefficient (Wildman–Crippen LogP) is 0.604. The largest absolute Gasteiger partial charge is 0.481 e. The van der Waals surface area contributed by atoms with Crippen molar-refractivity contribution in [1.29, 1.82) is 0 Å². The van der Waals surface area contributed by atoms with Crippen LogP contribution >= 0.6 is 0 Å². The molecule has 12 heteroatoms. The highest BCUT2D eigenvalue weighted by Crippen LogP contribution is 2.21. The summed E-state index contributed by atoms with van der Waals surface area (Å²) in [5.41, 5.74) is 7.49. The van der Waals surface area contributed by atoms with Gasteiger partial charge in [-0.15, -0.1) is 0 Å². The first-order chi connectivity index (χ1) is 18.0. The second-order valence-corrected chi connectivity index (χ2v) is 9.92. The van der Waals surface area contributed by atoms with Gasteiger partial charge in [-0.2, -0.15) is 0 Å². The molecule has 1 aliphatic rings. The number of carbonyl (C=O) groups excluding carboxylic acids is 3. The summed E-state index contributed by atoms with van der Waals surface area (Å²) in [5.74, 6) is -4.38. The minimum atomic E-state index is -1.32. The van der Waals surface area contributed by atoms with Crippen molar-refractivity contribution in [1.82, 2.24) is 20.5 Å². The normalized spacial score (nSPS) is 17.7. The Labute approximate surface area is 219 Å². The number of amides is 3. The van der Waals surface area contributed by atoms with Crippen molar-refractivity contribution in [2.45, 2.75) is 70.1 Å². The number of benzene rings is 1. The Hall–Kier alpha value is -3.93. The van der Waals surface area contributed by atoms with Gasteiger partial charge in [0.15, 0.2) is 0 Å². The molecule has 1 fully saturated rings. The molecule has 38 heavy (non-hydrogen) atoms. The lowest BCUT2D eigenvalue weighted by Crippen LogP contribution is -2.57. The summed E-state index contributed by atoms with van der Waals surface area (Å²) >= 11 is 0. The number of carboxylic acid groups (broad SMARTS) is 2. The SMILES string of the molecule is CC(C)C(N)C(=O)N1CCCC1C(=O)NC(CCC(=O)O)C(=O)NC(Cc1c[nH]c2ccccc12)C(=O)O. The molecule has 3 amide bonds. The summed E-state index contributed by atoms with van der Waals surface area (Å²) in [4.78, 5) is 66.7. The first kappa shape index (κ1) is 28.6. The fourth-order valence-electron chi connectivity index (χ4n) is 4.58. The molecule has 1 saturated heterocycles. The van der Waals surface area contributed by atoms with Gasteiger partial charge in [-0.3, -0.25) is 19.2 Å². The molecule has 0 saturated carbocycles. The zero-order valence-corrected chi connectivity index (χ0v) is 21.5. The summed E-state index contributed by atoms with van der Waals surface area (Å²) in [7, 11) is 0. The van der Waals surface area contributed by atoms with Crippen molar-refractivity contribution in [3.8, 4) is 0 Å². The van der Waals surface area contributed by atoms with Crippen LogP contribution in [0.3, 0.4) is 0 Å². The molecule has 206 valence electrons. The number of carboxylic acids is 2. The minimum absolute atomic E-state index is 0.0251. The monoisotopic (exact) mass is 529 g/mol. The lowest BCUT2D eigenvalue weighted by Gasteiger charge is -2.29. The molecule has 12 nitrogen and oxygen atoms in total. The van der Waals surface area contributed by atoms with Gasteiger partial charge in [-0.1, -0.05) is 32.0 Å². The smallest absolute Gasteiger partial charge is 0.326 e. The number of nitrogens with zero attached hydrogens (tertiary/aromatic N) is 1. The number of hydrogen-bond donors (Lipinski definition) is 6. The number of aromatic nitrogens is 1. The zero-order chi connectivity index (χ0) is 28.0. The van der Waals surface area contributed by atoms with Crippen molar-refractivity contribution >= 4 is 40.6 Å². The second kappa shape index (κ2) is 12.5. The van der Waals surface area contributed by atoms with Crippen LogP contribution in [0.4, 0.5) is 0 Å².